The Labute approximate surface area is 91.8 Å². The first kappa shape index (κ1) is 11.4. The fourth-order valence-corrected chi connectivity index (χ4v) is 2.71. The van der Waals surface area contributed by atoms with Crippen molar-refractivity contribution in [3.8, 4) is 0 Å². The minimum Gasteiger partial charge on any atom is -0.390 e. The molecule has 2 fully saturated rings. The van der Waals surface area contributed by atoms with Crippen LogP contribution in [0.2, 0.25) is 0 Å². The van der Waals surface area contributed by atoms with Gasteiger partial charge in [0.15, 0.2) is 0 Å². The quantitative estimate of drug-likeness (QED) is 0.761. The van der Waals surface area contributed by atoms with Crippen LogP contribution >= 0.6 is 0 Å². The minimum absolute atomic E-state index is 0.0813. The number of hydrogen-bond donors (Lipinski definition) is 1. The Balaban J connectivity index is 2.03. The molecule has 0 aromatic rings. The second-order valence-corrected chi connectivity index (χ2v) is 5.23. The largest absolute Gasteiger partial charge is 0.390 e. The second-order valence-electron chi connectivity index (χ2n) is 5.23. The van der Waals surface area contributed by atoms with E-state index in [2.05, 4.69) is 0 Å². The van der Waals surface area contributed by atoms with Crippen LogP contribution in [0, 0.1) is 5.92 Å². The summed E-state index contributed by atoms with van der Waals surface area (Å²) in [5.74, 6) is 0.359. The van der Waals surface area contributed by atoms with Gasteiger partial charge in [0.1, 0.15) is 0 Å². The van der Waals surface area contributed by atoms with Crippen LogP contribution in [0.3, 0.4) is 0 Å². The molecule has 1 N–H and O–H groups in total. The summed E-state index contributed by atoms with van der Waals surface area (Å²) in [5.41, 5.74) is -0.624. The van der Waals surface area contributed by atoms with E-state index in [9.17, 15) is 5.11 Å². The van der Waals surface area contributed by atoms with Crippen molar-refractivity contribution in [3.05, 3.63) is 0 Å². The van der Waals surface area contributed by atoms with Crippen molar-refractivity contribution < 1.29 is 14.6 Å². The van der Waals surface area contributed by atoms with Crippen molar-refractivity contribution in [1.82, 2.24) is 0 Å². The molecule has 2 aliphatic rings. The van der Waals surface area contributed by atoms with E-state index in [1.807, 2.05) is 13.8 Å². The topological polar surface area (TPSA) is 38.7 Å². The fourth-order valence-electron chi connectivity index (χ4n) is 2.71. The predicted octanol–water partition coefficient (Wildman–Crippen LogP) is 1.73. The highest BCUT2D eigenvalue weighted by Crippen LogP contribution is 2.40. The van der Waals surface area contributed by atoms with E-state index >= 15 is 0 Å². The highest BCUT2D eigenvalue weighted by atomic mass is 16.6. The highest BCUT2D eigenvalue weighted by molar-refractivity contribution is 4.95. The molecule has 0 radical (unpaired) electrons. The van der Waals surface area contributed by atoms with Crippen LogP contribution < -0.4 is 0 Å². The van der Waals surface area contributed by atoms with Crippen molar-refractivity contribution in [2.24, 2.45) is 5.92 Å². The van der Waals surface area contributed by atoms with Gasteiger partial charge in [-0.25, -0.2) is 0 Å². The van der Waals surface area contributed by atoms with Crippen molar-refractivity contribution in [2.75, 3.05) is 19.8 Å². The van der Waals surface area contributed by atoms with Crippen LogP contribution in [-0.2, 0) is 9.47 Å². The molecule has 2 rings (SSSR count). The smallest absolute Gasteiger partial charge is 0.0940 e. The van der Waals surface area contributed by atoms with Gasteiger partial charge < -0.3 is 14.6 Å². The van der Waals surface area contributed by atoms with Gasteiger partial charge in [0, 0.05) is 19.6 Å². The molecule has 0 aliphatic carbocycles. The normalized spacial score (nSPS) is 40.6. The zero-order chi connectivity index (χ0) is 10.9. The summed E-state index contributed by atoms with van der Waals surface area (Å²) in [6, 6.07) is 0. The molecular formula is C12H22O3. The molecule has 2 heterocycles. The van der Waals surface area contributed by atoms with Gasteiger partial charge in [-0.1, -0.05) is 6.92 Å². The summed E-state index contributed by atoms with van der Waals surface area (Å²) in [4.78, 5) is 0. The highest BCUT2D eigenvalue weighted by Gasteiger charge is 2.45. The fraction of sp³-hybridized carbons (Fsp3) is 1.00. The Kier molecular flexibility index (Phi) is 3.06. The van der Waals surface area contributed by atoms with Crippen molar-refractivity contribution in [2.45, 2.75) is 50.7 Å². The van der Waals surface area contributed by atoms with Crippen molar-refractivity contribution in [1.29, 1.82) is 0 Å². The third-order valence-corrected chi connectivity index (χ3v) is 4.16. The van der Waals surface area contributed by atoms with E-state index in [0.717, 1.165) is 38.9 Å². The lowest BCUT2D eigenvalue weighted by atomic mass is 9.75. The first-order valence-electron chi connectivity index (χ1n) is 6.02. The molecule has 0 amide bonds. The van der Waals surface area contributed by atoms with E-state index in [-0.39, 0.29) is 5.60 Å². The van der Waals surface area contributed by atoms with Gasteiger partial charge >= 0.3 is 0 Å². The van der Waals surface area contributed by atoms with E-state index < -0.39 is 5.60 Å². The maximum atomic E-state index is 10.3. The summed E-state index contributed by atoms with van der Waals surface area (Å²) in [6.07, 6.45) is 3.73. The molecule has 0 saturated carbocycles. The van der Waals surface area contributed by atoms with Gasteiger partial charge in [0.25, 0.3) is 0 Å². The van der Waals surface area contributed by atoms with E-state index in [1.165, 1.54) is 0 Å². The Morgan fingerprint density at radius 3 is 2.87 bits per heavy atom. The Hall–Kier alpha value is -0.120. The number of rotatable bonds is 2. The van der Waals surface area contributed by atoms with Gasteiger partial charge in [0.05, 0.1) is 17.8 Å². The minimum atomic E-state index is -0.542. The van der Waals surface area contributed by atoms with Gasteiger partial charge in [-0.05, 0) is 32.1 Å². The van der Waals surface area contributed by atoms with Gasteiger partial charge in [0.2, 0.25) is 0 Å². The summed E-state index contributed by atoms with van der Waals surface area (Å²) in [5, 5.41) is 10.3. The predicted molar refractivity (Wildman–Crippen MR) is 57.8 cm³/mol. The van der Waals surface area contributed by atoms with Crippen LogP contribution in [0.4, 0.5) is 0 Å². The van der Waals surface area contributed by atoms with Crippen LogP contribution in [-0.4, -0.2) is 36.1 Å². The maximum absolute atomic E-state index is 10.3. The molecule has 3 nitrogen and oxygen atoms in total. The summed E-state index contributed by atoms with van der Waals surface area (Å²) >= 11 is 0. The van der Waals surface area contributed by atoms with Gasteiger partial charge in [-0.3, -0.25) is 0 Å². The molecule has 0 bridgehead atoms. The lowest BCUT2D eigenvalue weighted by Crippen LogP contribution is -2.47. The van der Waals surface area contributed by atoms with Crippen molar-refractivity contribution >= 4 is 0 Å². The molecule has 15 heavy (non-hydrogen) atoms. The van der Waals surface area contributed by atoms with Gasteiger partial charge in [-0.2, -0.15) is 0 Å². The molecular weight excluding hydrogens is 192 g/mol. The maximum Gasteiger partial charge on any atom is 0.0940 e. The van der Waals surface area contributed by atoms with Crippen LogP contribution in [0.1, 0.15) is 39.5 Å². The second kappa shape index (κ2) is 4.04. The molecule has 0 aromatic heterocycles. The first-order valence-corrected chi connectivity index (χ1v) is 6.02. The number of ether oxygens (including phenoxy) is 2. The third kappa shape index (κ3) is 2.19. The molecule has 2 saturated heterocycles. The van der Waals surface area contributed by atoms with E-state index in [1.54, 1.807) is 0 Å². The molecule has 0 aromatic carbocycles. The van der Waals surface area contributed by atoms with E-state index in [4.69, 9.17) is 9.47 Å². The SMILES string of the molecule is CCC(C)(O)C1CCOC2(CCOC2)C1. The lowest BCUT2D eigenvalue weighted by Gasteiger charge is -2.43. The number of hydrogen-bond acceptors (Lipinski definition) is 3. The Morgan fingerprint density at radius 1 is 1.47 bits per heavy atom. The molecule has 1 spiro atoms. The molecule has 3 atom stereocenters. The zero-order valence-corrected chi connectivity index (χ0v) is 9.79. The van der Waals surface area contributed by atoms with Crippen LogP contribution in [0.25, 0.3) is 0 Å². The lowest BCUT2D eigenvalue weighted by molar-refractivity contribution is -0.138. The summed E-state index contributed by atoms with van der Waals surface area (Å²) < 4.78 is 11.3. The first-order chi connectivity index (χ1) is 7.08. The average Bonchev–Trinajstić information content (AvgIpc) is 2.66. The zero-order valence-electron chi connectivity index (χ0n) is 9.79. The number of aliphatic hydroxyl groups is 1. The monoisotopic (exact) mass is 214 g/mol. The molecule has 3 heteroatoms. The van der Waals surface area contributed by atoms with Gasteiger partial charge in [-0.15, -0.1) is 0 Å². The molecule has 3 unspecified atom stereocenters. The van der Waals surface area contributed by atoms with Crippen LogP contribution in [0.15, 0.2) is 0 Å². The third-order valence-electron chi connectivity index (χ3n) is 4.16. The molecule has 88 valence electrons. The van der Waals surface area contributed by atoms with Crippen molar-refractivity contribution in [3.63, 3.8) is 0 Å². The van der Waals surface area contributed by atoms with E-state index in [0.29, 0.717) is 12.5 Å². The average molecular weight is 214 g/mol. The Bertz CT molecular complexity index is 219. The molecule has 2 aliphatic heterocycles. The van der Waals surface area contributed by atoms with Crippen LogP contribution in [0.5, 0.6) is 0 Å². The summed E-state index contributed by atoms with van der Waals surface area (Å²) in [7, 11) is 0. The standard InChI is InChI=1S/C12H22O3/c1-3-11(2,13)10-4-6-15-12(8-10)5-7-14-9-12/h10,13H,3-9H2,1-2H3. The Morgan fingerprint density at radius 2 is 2.27 bits per heavy atom. The summed E-state index contributed by atoms with van der Waals surface area (Å²) in [6.45, 7) is 6.29.